The molecule has 0 saturated carbocycles. The van der Waals surface area contributed by atoms with Crippen LogP contribution in [0.25, 0.3) is 0 Å². The van der Waals surface area contributed by atoms with Crippen LogP contribution in [0.3, 0.4) is 0 Å². The van der Waals surface area contributed by atoms with Crippen LogP contribution in [-0.2, 0) is 30.4 Å². The third kappa shape index (κ3) is 5.55. The average molecular weight is 565 g/mol. The molecule has 1 aromatic rings. The van der Waals surface area contributed by atoms with Gasteiger partial charge in [-0.3, -0.25) is 4.18 Å². The van der Waals surface area contributed by atoms with E-state index in [9.17, 15) is 8.42 Å². The summed E-state index contributed by atoms with van der Waals surface area (Å²) in [5.74, 6) is 0. The molecule has 0 N–H and O–H groups in total. The first-order valence-electron chi connectivity index (χ1n) is 7.45. The summed E-state index contributed by atoms with van der Waals surface area (Å²) in [4.78, 5) is 0. The van der Waals surface area contributed by atoms with Gasteiger partial charge in [-0.25, -0.2) is 0 Å². The van der Waals surface area contributed by atoms with Crippen molar-refractivity contribution in [3.8, 4) is 0 Å². The molecule has 0 radical (unpaired) electrons. The summed E-state index contributed by atoms with van der Waals surface area (Å²) in [6.07, 6.45) is 1.27. The second-order valence-electron chi connectivity index (χ2n) is 5.51. The SMILES string of the molecule is CCC1(CC)O[CH-][C@@H](OS(C)(=O)=O)C1OCc1ccccc1.[U]. The molecular weight excluding hydrogens is 542 g/mol. The normalized spacial score (nSPS) is 23.4. The molecule has 128 valence electrons. The van der Waals surface area contributed by atoms with Gasteiger partial charge in [0, 0.05) is 37.2 Å². The molecule has 23 heavy (non-hydrogen) atoms. The molecular formula is C16H23O5SU-. The van der Waals surface area contributed by atoms with Gasteiger partial charge >= 0.3 is 0 Å². The zero-order chi connectivity index (χ0) is 16.2. The van der Waals surface area contributed by atoms with Gasteiger partial charge < -0.3 is 9.47 Å². The second-order valence-corrected chi connectivity index (χ2v) is 7.11. The van der Waals surface area contributed by atoms with E-state index >= 15 is 0 Å². The average Bonchev–Trinajstić information content (AvgIpc) is 2.82. The Bertz CT molecular complexity index is 571. The Balaban J connectivity index is 0.00000264. The number of ether oxygens (including phenoxy) is 2. The number of rotatable bonds is 7. The number of benzene rings is 1. The Labute approximate surface area is 162 Å². The fraction of sp³-hybridized carbons (Fsp3) is 0.562. The van der Waals surface area contributed by atoms with Crippen molar-refractivity contribution >= 4 is 10.1 Å². The fourth-order valence-corrected chi connectivity index (χ4v) is 3.29. The molecule has 0 aliphatic carbocycles. The van der Waals surface area contributed by atoms with Gasteiger partial charge in [-0.1, -0.05) is 44.2 Å². The van der Waals surface area contributed by atoms with E-state index in [4.69, 9.17) is 13.7 Å². The number of hydrogen-bond donors (Lipinski definition) is 0. The van der Waals surface area contributed by atoms with E-state index in [1.807, 2.05) is 44.2 Å². The van der Waals surface area contributed by atoms with Crippen LogP contribution in [0.5, 0.6) is 0 Å². The quantitative estimate of drug-likeness (QED) is 0.376. The van der Waals surface area contributed by atoms with Crippen molar-refractivity contribution in [3.05, 3.63) is 42.5 Å². The minimum absolute atomic E-state index is 0. The van der Waals surface area contributed by atoms with Gasteiger partial charge in [-0.2, -0.15) is 15.0 Å². The van der Waals surface area contributed by atoms with Crippen molar-refractivity contribution < 1.29 is 53.2 Å². The van der Waals surface area contributed by atoms with Crippen LogP contribution in [-0.4, -0.2) is 32.5 Å². The van der Waals surface area contributed by atoms with Crippen LogP contribution in [0.4, 0.5) is 0 Å². The van der Waals surface area contributed by atoms with E-state index in [1.54, 1.807) is 0 Å². The van der Waals surface area contributed by atoms with Crippen LogP contribution >= 0.6 is 0 Å². The standard InChI is InChI=1S/C16H23O5S.U/c1-4-16(5-2)15(14(12-20-16)21-22(3,17)18)19-11-13-9-7-6-8-10-13;/h6-10,12,14-15H,4-5,11H2,1-3H3;/q-1;/t14-,15?;/m1./s1. The first-order valence-corrected chi connectivity index (χ1v) is 9.27. The summed E-state index contributed by atoms with van der Waals surface area (Å²) in [7, 11) is -3.58. The third-order valence-corrected chi connectivity index (χ3v) is 4.58. The maximum Gasteiger partial charge on any atom is 0.262 e. The minimum atomic E-state index is -3.58. The Morgan fingerprint density at radius 3 is 2.35 bits per heavy atom. The predicted octanol–water partition coefficient (Wildman–Crippen LogP) is 2.67. The monoisotopic (exact) mass is 565 g/mol. The molecule has 7 heteroatoms. The third-order valence-electron chi connectivity index (χ3n) is 4.01. The second kappa shape index (κ2) is 8.98. The molecule has 1 heterocycles. The molecule has 0 spiro atoms. The molecule has 1 saturated heterocycles. The Hall–Kier alpha value is 0.102. The van der Waals surface area contributed by atoms with Crippen LogP contribution < -0.4 is 0 Å². The first kappa shape index (κ1) is 21.1. The maximum atomic E-state index is 11.4. The Kier molecular flexibility index (Phi) is 8.26. The molecule has 2 atom stereocenters. The fourth-order valence-electron chi connectivity index (χ4n) is 2.74. The summed E-state index contributed by atoms with van der Waals surface area (Å²) >= 11 is 0. The first-order chi connectivity index (χ1) is 10.4. The van der Waals surface area contributed by atoms with E-state index in [1.165, 1.54) is 6.61 Å². The summed E-state index contributed by atoms with van der Waals surface area (Å²) < 4.78 is 39.8. The van der Waals surface area contributed by atoms with Crippen LogP contribution in [0, 0.1) is 37.7 Å². The van der Waals surface area contributed by atoms with Gasteiger partial charge in [0.05, 0.1) is 24.6 Å². The van der Waals surface area contributed by atoms with Gasteiger partial charge in [-0.15, -0.1) is 0 Å². The van der Waals surface area contributed by atoms with Crippen molar-refractivity contribution in [2.45, 2.75) is 51.1 Å². The van der Waals surface area contributed by atoms with E-state index in [0.29, 0.717) is 19.4 Å². The van der Waals surface area contributed by atoms with E-state index in [0.717, 1.165) is 11.8 Å². The van der Waals surface area contributed by atoms with Gasteiger partial charge in [0.1, 0.15) is 0 Å². The van der Waals surface area contributed by atoms with E-state index in [2.05, 4.69) is 0 Å². The molecule has 1 aliphatic heterocycles. The van der Waals surface area contributed by atoms with Gasteiger partial charge in [0.25, 0.3) is 10.1 Å². The minimum Gasteiger partial charge on any atom is -0.543 e. The summed E-state index contributed by atoms with van der Waals surface area (Å²) in [5.41, 5.74) is 0.470. The summed E-state index contributed by atoms with van der Waals surface area (Å²) in [6, 6.07) is 9.74. The molecule has 0 amide bonds. The summed E-state index contributed by atoms with van der Waals surface area (Å²) in [5, 5.41) is 0. The molecule has 1 aromatic carbocycles. The molecule has 1 aliphatic rings. The molecule has 0 aromatic heterocycles. The van der Waals surface area contributed by atoms with Crippen molar-refractivity contribution in [3.63, 3.8) is 0 Å². The van der Waals surface area contributed by atoms with Crippen LogP contribution in [0.2, 0.25) is 0 Å². The molecule has 5 nitrogen and oxygen atoms in total. The van der Waals surface area contributed by atoms with E-state index in [-0.39, 0.29) is 31.1 Å². The number of hydrogen-bond acceptors (Lipinski definition) is 5. The van der Waals surface area contributed by atoms with Crippen molar-refractivity contribution in [1.29, 1.82) is 0 Å². The van der Waals surface area contributed by atoms with Gasteiger partial charge in [0.15, 0.2) is 0 Å². The van der Waals surface area contributed by atoms with Crippen LogP contribution in [0.1, 0.15) is 32.3 Å². The topological polar surface area (TPSA) is 61.8 Å². The largest absolute Gasteiger partial charge is 0.543 e. The zero-order valence-corrected chi connectivity index (χ0v) is 18.7. The van der Waals surface area contributed by atoms with Gasteiger partial charge in [0.2, 0.25) is 0 Å². The smallest absolute Gasteiger partial charge is 0.262 e. The Morgan fingerprint density at radius 2 is 1.83 bits per heavy atom. The van der Waals surface area contributed by atoms with Crippen molar-refractivity contribution in [1.82, 2.24) is 0 Å². The maximum absolute atomic E-state index is 11.4. The van der Waals surface area contributed by atoms with E-state index < -0.39 is 27.9 Å². The predicted molar refractivity (Wildman–Crippen MR) is 83.4 cm³/mol. The molecule has 0 bridgehead atoms. The molecule has 2 rings (SSSR count). The van der Waals surface area contributed by atoms with Crippen molar-refractivity contribution in [2.75, 3.05) is 6.26 Å². The van der Waals surface area contributed by atoms with Crippen LogP contribution in [0.15, 0.2) is 30.3 Å². The Morgan fingerprint density at radius 1 is 1.22 bits per heavy atom. The summed E-state index contributed by atoms with van der Waals surface area (Å²) in [6.45, 7) is 5.83. The zero-order valence-electron chi connectivity index (χ0n) is 13.7. The van der Waals surface area contributed by atoms with Gasteiger partial charge in [-0.05, 0) is 18.4 Å². The van der Waals surface area contributed by atoms with Crippen molar-refractivity contribution in [2.24, 2.45) is 0 Å². The molecule has 1 unspecified atom stereocenters. The molecule has 1 fully saturated rings.